The number of hydrogen-bond donors (Lipinski definition) is 2. The highest BCUT2D eigenvalue weighted by Gasteiger charge is 2.24. The first kappa shape index (κ1) is 12.8. The van der Waals surface area contributed by atoms with Crippen LogP contribution in [-0.4, -0.2) is 25.4 Å². The molecule has 0 unspecified atom stereocenters. The fourth-order valence-corrected chi connectivity index (χ4v) is 3.57. The summed E-state index contributed by atoms with van der Waals surface area (Å²) in [5.41, 5.74) is 6.67. The minimum atomic E-state index is 0.631. The average molecular weight is 303 g/mol. The maximum Gasteiger partial charge on any atom is 0.0746 e. The van der Waals surface area contributed by atoms with Crippen molar-refractivity contribution in [3.63, 3.8) is 0 Å². The van der Waals surface area contributed by atoms with Crippen molar-refractivity contribution in [2.24, 2.45) is 0 Å². The first-order chi connectivity index (χ1) is 11.3. The number of H-pyrrole nitrogens is 2. The van der Waals surface area contributed by atoms with Crippen molar-refractivity contribution in [1.82, 2.24) is 25.4 Å². The third kappa shape index (κ3) is 1.82. The van der Waals surface area contributed by atoms with Gasteiger partial charge < -0.3 is 0 Å². The van der Waals surface area contributed by atoms with Crippen molar-refractivity contribution in [1.29, 1.82) is 0 Å². The highest BCUT2D eigenvalue weighted by Crippen LogP contribution is 2.42. The van der Waals surface area contributed by atoms with Crippen LogP contribution in [0.4, 0.5) is 0 Å². The second-order valence-electron chi connectivity index (χ2n) is 6.42. The molecule has 23 heavy (non-hydrogen) atoms. The number of pyridine rings is 1. The predicted octanol–water partition coefficient (Wildman–Crippen LogP) is 4.08. The van der Waals surface area contributed by atoms with E-state index < -0.39 is 0 Å². The number of aromatic nitrogens is 5. The summed E-state index contributed by atoms with van der Waals surface area (Å²) in [5, 5.41) is 16.9. The standard InChI is InChI=1S/C18H17N5/c1-10-13(8-19-22-10)17-7-12(11-3-2-4-11)18-14-9-20-23-15(14)5-6-16(18)21-17/h5-9,11H,2-4H2,1H3,(H,19,22)(H,20,23). The van der Waals surface area contributed by atoms with Gasteiger partial charge in [0.1, 0.15) is 0 Å². The number of nitrogens with one attached hydrogen (secondary N) is 2. The average Bonchev–Trinajstić information content (AvgIpc) is 3.13. The Morgan fingerprint density at radius 3 is 2.70 bits per heavy atom. The van der Waals surface area contributed by atoms with E-state index in [9.17, 15) is 0 Å². The van der Waals surface area contributed by atoms with Crippen LogP contribution in [0.25, 0.3) is 33.1 Å². The highest BCUT2D eigenvalue weighted by molar-refractivity contribution is 6.07. The minimum absolute atomic E-state index is 0.631. The van der Waals surface area contributed by atoms with E-state index in [2.05, 4.69) is 38.6 Å². The molecular weight excluding hydrogens is 286 g/mol. The molecule has 0 atom stereocenters. The van der Waals surface area contributed by atoms with Gasteiger partial charge in [0.2, 0.25) is 0 Å². The van der Waals surface area contributed by atoms with Crippen LogP contribution >= 0.6 is 0 Å². The number of nitrogens with zero attached hydrogens (tertiary/aromatic N) is 3. The van der Waals surface area contributed by atoms with Crippen LogP contribution in [0.3, 0.4) is 0 Å². The van der Waals surface area contributed by atoms with Gasteiger partial charge in [0.15, 0.2) is 0 Å². The Bertz CT molecular complexity index is 1020. The largest absolute Gasteiger partial charge is 0.282 e. The third-order valence-corrected chi connectivity index (χ3v) is 5.07. The SMILES string of the molecule is Cc1[nH]ncc1-c1cc(C2CCC2)c2c(ccc3[nH]ncc32)n1. The lowest BCUT2D eigenvalue weighted by Crippen LogP contribution is -2.10. The summed E-state index contributed by atoms with van der Waals surface area (Å²) >= 11 is 0. The highest BCUT2D eigenvalue weighted by atomic mass is 15.1. The topological polar surface area (TPSA) is 70.2 Å². The zero-order chi connectivity index (χ0) is 15.4. The molecule has 1 aliphatic rings. The summed E-state index contributed by atoms with van der Waals surface area (Å²) in [6, 6.07) is 6.42. The molecule has 5 rings (SSSR count). The molecule has 0 spiro atoms. The van der Waals surface area contributed by atoms with Gasteiger partial charge in [0.05, 0.1) is 29.1 Å². The lowest BCUT2D eigenvalue weighted by atomic mass is 9.78. The fraction of sp³-hybridized carbons (Fsp3) is 0.278. The Morgan fingerprint density at radius 1 is 1.09 bits per heavy atom. The van der Waals surface area contributed by atoms with E-state index in [-0.39, 0.29) is 0 Å². The summed E-state index contributed by atoms with van der Waals surface area (Å²) in [5.74, 6) is 0.631. The van der Waals surface area contributed by atoms with Crippen LogP contribution in [0, 0.1) is 6.92 Å². The molecule has 0 saturated heterocycles. The van der Waals surface area contributed by atoms with Gasteiger partial charge in [-0.15, -0.1) is 0 Å². The Balaban J connectivity index is 1.86. The van der Waals surface area contributed by atoms with Crippen molar-refractivity contribution in [3.05, 3.63) is 41.9 Å². The Morgan fingerprint density at radius 2 is 1.96 bits per heavy atom. The summed E-state index contributed by atoms with van der Waals surface area (Å²) in [6.45, 7) is 2.04. The molecule has 5 nitrogen and oxygen atoms in total. The number of fused-ring (bicyclic) bond motifs is 3. The van der Waals surface area contributed by atoms with Gasteiger partial charge in [-0.25, -0.2) is 4.98 Å². The van der Waals surface area contributed by atoms with E-state index >= 15 is 0 Å². The molecule has 0 aliphatic heterocycles. The van der Waals surface area contributed by atoms with Crippen molar-refractivity contribution in [2.75, 3.05) is 0 Å². The molecule has 2 N–H and O–H groups in total. The number of rotatable bonds is 2. The Hall–Kier alpha value is -2.69. The fourth-order valence-electron chi connectivity index (χ4n) is 3.57. The quantitative estimate of drug-likeness (QED) is 0.586. The zero-order valence-electron chi connectivity index (χ0n) is 12.9. The van der Waals surface area contributed by atoms with Crippen LogP contribution in [0.2, 0.25) is 0 Å². The maximum absolute atomic E-state index is 4.91. The van der Waals surface area contributed by atoms with Crippen molar-refractivity contribution in [3.8, 4) is 11.3 Å². The molecule has 1 fully saturated rings. The van der Waals surface area contributed by atoms with E-state index in [1.807, 2.05) is 19.3 Å². The zero-order valence-corrected chi connectivity index (χ0v) is 12.9. The summed E-state index contributed by atoms with van der Waals surface area (Å²) in [4.78, 5) is 4.91. The minimum Gasteiger partial charge on any atom is -0.282 e. The summed E-state index contributed by atoms with van der Waals surface area (Å²) in [6.07, 6.45) is 7.62. The summed E-state index contributed by atoms with van der Waals surface area (Å²) in [7, 11) is 0. The molecule has 1 aliphatic carbocycles. The van der Waals surface area contributed by atoms with Gasteiger partial charge in [-0.2, -0.15) is 10.2 Å². The Labute approximate surface area is 133 Å². The molecule has 3 heterocycles. The summed E-state index contributed by atoms with van der Waals surface area (Å²) < 4.78 is 0. The van der Waals surface area contributed by atoms with Gasteiger partial charge in [0.25, 0.3) is 0 Å². The normalized spacial score (nSPS) is 15.3. The first-order valence-electron chi connectivity index (χ1n) is 8.08. The van der Waals surface area contributed by atoms with E-state index in [0.29, 0.717) is 5.92 Å². The monoisotopic (exact) mass is 303 g/mol. The van der Waals surface area contributed by atoms with Crippen molar-refractivity contribution < 1.29 is 0 Å². The van der Waals surface area contributed by atoms with Gasteiger partial charge in [-0.3, -0.25) is 10.2 Å². The van der Waals surface area contributed by atoms with Gasteiger partial charge >= 0.3 is 0 Å². The van der Waals surface area contributed by atoms with Crippen LogP contribution in [0.1, 0.15) is 36.4 Å². The molecule has 0 radical (unpaired) electrons. The van der Waals surface area contributed by atoms with Crippen LogP contribution < -0.4 is 0 Å². The maximum atomic E-state index is 4.91. The molecular formula is C18H17N5. The number of hydrogen-bond acceptors (Lipinski definition) is 3. The van der Waals surface area contributed by atoms with Gasteiger partial charge in [-0.05, 0) is 49.4 Å². The van der Waals surface area contributed by atoms with Crippen LogP contribution in [-0.2, 0) is 0 Å². The second kappa shape index (κ2) is 4.65. The van der Waals surface area contributed by atoms with E-state index in [4.69, 9.17) is 4.98 Å². The molecule has 114 valence electrons. The van der Waals surface area contributed by atoms with Crippen LogP contribution in [0.5, 0.6) is 0 Å². The number of benzene rings is 1. The van der Waals surface area contributed by atoms with Crippen LogP contribution in [0.15, 0.2) is 30.6 Å². The number of aromatic amines is 2. The lowest BCUT2D eigenvalue weighted by Gasteiger charge is -2.27. The van der Waals surface area contributed by atoms with E-state index in [1.54, 1.807) is 0 Å². The molecule has 0 bridgehead atoms. The third-order valence-electron chi connectivity index (χ3n) is 5.07. The van der Waals surface area contributed by atoms with Gasteiger partial charge in [0, 0.05) is 22.0 Å². The molecule has 1 aromatic carbocycles. The Kier molecular flexibility index (Phi) is 2.59. The first-order valence-corrected chi connectivity index (χ1v) is 8.08. The molecule has 1 saturated carbocycles. The van der Waals surface area contributed by atoms with E-state index in [0.717, 1.165) is 28.0 Å². The second-order valence-corrected chi connectivity index (χ2v) is 6.42. The predicted molar refractivity (Wildman–Crippen MR) is 90.3 cm³/mol. The van der Waals surface area contributed by atoms with E-state index in [1.165, 1.54) is 35.6 Å². The van der Waals surface area contributed by atoms with Crippen molar-refractivity contribution in [2.45, 2.75) is 32.1 Å². The number of aryl methyl sites for hydroxylation is 1. The molecule has 4 aromatic rings. The van der Waals surface area contributed by atoms with Gasteiger partial charge in [-0.1, -0.05) is 6.42 Å². The lowest BCUT2D eigenvalue weighted by molar-refractivity contribution is 0.422. The smallest absolute Gasteiger partial charge is 0.0746 e. The van der Waals surface area contributed by atoms with Crippen molar-refractivity contribution >= 4 is 21.8 Å². The molecule has 5 heteroatoms. The molecule has 0 amide bonds. The molecule has 3 aromatic heterocycles.